The van der Waals surface area contributed by atoms with Crippen LogP contribution in [0.5, 0.6) is 0 Å². The van der Waals surface area contributed by atoms with Gasteiger partial charge in [-0.2, -0.15) is 0 Å². The Morgan fingerprint density at radius 1 is 1.50 bits per heavy atom. The van der Waals surface area contributed by atoms with Gasteiger partial charge >= 0.3 is 0 Å². The quantitative estimate of drug-likeness (QED) is 0.934. The van der Waals surface area contributed by atoms with Crippen molar-refractivity contribution in [3.63, 3.8) is 0 Å². The zero-order valence-electron chi connectivity index (χ0n) is 9.97. The molecule has 0 amide bonds. The van der Waals surface area contributed by atoms with Crippen LogP contribution in [0.3, 0.4) is 0 Å². The van der Waals surface area contributed by atoms with Gasteiger partial charge in [-0.1, -0.05) is 27.5 Å². The summed E-state index contributed by atoms with van der Waals surface area (Å²) in [5.74, 6) is 0.422. The van der Waals surface area contributed by atoms with E-state index in [1.165, 1.54) is 6.07 Å². The summed E-state index contributed by atoms with van der Waals surface area (Å²) in [6, 6.07) is 4.71. The van der Waals surface area contributed by atoms with E-state index in [-0.39, 0.29) is 5.82 Å². The van der Waals surface area contributed by atoms with Crippen molar-refractivity contribution in [1.29, 1.82) is 0 Å². The van der Waals surface area contributed by atoms with Crippen molar-refractivity contribution in [2.75, 3.05) is 7.05 Å². The molecule has 0 aliphatic carbocycles. The lowest BCUT2D eigenvalue weighted by Gasteiger charge is -2.01. The third kappa shape index (κ3) is 2.43. The predicted octanol–water partition coefficient (Wildman–Crippen LogP) is 3.36. The highest BCUT2D eigenvalue weighted by Crippen LogP contribution is 2.31. The maximum absolute atomic E-state index is 13.8. The first-order valence-corrected chi connectivity index (χ1v) is 6.52. The molecule has 6 heteroatoms. The first-order valence-electron chi connectivity index (χ1n) is 5.35. The third-order valence-electron chi connectivity index (χ3n) is 2.64. The maximum atomic E-state index is 13.8. The average Bonchev–Trinajstić information content (AvgIpc) is 2.61. The van der Waals surface area contributed by atoms with Crippen LogP contribution < -0.4 is 5.32 Å². The molecule has 1 N–H and O–H groups in total. The fourth-order valence-corrected chi connectivity index (χ4v) is 2.29. The maximum Gasteiger partial charge on any atom is 0.136 e. The third-order valence-corrected chi connectivity index (χ3v) is 3.56. The van der Waals surface area contributed by atoms with Gasteiger partial charge in [-0.3, -0.25) is 0 Å². The summed E-state index contributed by atoms with van der Waals surface area (Å²) in [5, 5.41) is 3.43. The highest BCUT2D eigenvalue weighted by molar-refractivity contribution is 9.10. The van der Waals surface area contributed by atoms with Crippen molar-refractivity contribution in [3.05, 3.63) is 39.5 Å². The summed E-state index contributed by atoms with van der Waals surface area (Å²) >= 11 is 9.52. The number of hydrogen-bond donors (Lipinski definition) is 1. The number of nitrogens with zero attached hydrogens (tertiary/aromatic N) is 2. The van der Waals surface area contributed by atoms with Gasteiger partial charge in [-0.15, -0.1) is 0 Å². The van der Waals surface area contributed by atoms with E-state index in [1.807, 2.05) is 7.05 Å². The Morgan fingerprint density at radius 3 is 2.89 bits per heavy atom. The first kappa shape index (κ1) is 13.5. The van der Waals surface area contributed by atoms with Gasteiger partial charge in [-0.25, -0.2) is 9.37 Å². The first-order chi connectivity index (χ1) is 8.54. The molecule has 0 fully saturated rings. The fourth-order valence-electron chi connectivity index (χ4n) is 1.69. The molecule has 0 atom stereocenters. The zero-order chi connectivity index (χ0) is 13.3. The van der Waals surface area contributed by atoms with Gasteiger partial charge in [0.15, 0.2) is 0 Å². The number of nitrogens with one attached hydrogen (secondary N) is 1. The molecule has 0 aliphatic heterocycles. The van der Waals surface area contributed by atoms with Crippen molar-refractivity contribution in [1.82, 2.24) is 14.9 Å². The van der Waals surface area contributed by atoms with E-state index in [9.17, 15) is 4.39 Å². The van der Waals surface area contributed by atoms with Crippen LogP contribution in [0.15, 0.2) is 22.7 Å². The van der Waals surface area contributed by atoms with Gasteiger partial charge in [0.25, 0.3) is 0 Å². The molecule has 96 valence electrons. The van der Waals surface area contributed by atoms with Gasteiger partial charge in [0.2, 0.25) is 0 Å². The molecule has 1 aromatic heterocycles. The number of rotatable bonds is 3. The summed E-state index contributed by atoms with van der Waals surface area (Å²) in [5.41, 5.74) is 0.857. The van der Waals surface area contributed by atoms with Gasteiger partial charge in [0.1, 0.15) is 22.5 Å². The molecule has 0 bridgehead atoms. The Kier molecular flexibility index (Phi) is 4.04. The molecule has 0 aliphatic rings. The van der Waals surface area contributed by atoms with E-state index in [4.69, 9.17) is 11.6 Å². The van der Waals surface area contributed by atoms with E-state index in [0.29, 0.717) is 23.0 Å². The molecule has 0 saturated heterocycles. The predicted molar refractivity (Wildman–Crippen MR) is 74.1 cm³/mol. The van der Waals surface area contributed by atoms with Crippen LogP contribution in [0, 0.1) is 5.82 Å². The fraction of sp³-hybridized carbons (Fsp3) is 0.250. The molecule has 3 nitrogen and oxygen atoms in total. The van der Waals surface area contributed by atoms with Crippen LogP contribution in [0.25, 0.3) is 11.3 Å². The van der Waals surface area contributed by atoms with Crippen LogP contribution in [-0.4, -0.2) is 16.6 Å². The topological polar surface area (TPSA) is 29.9 Å². The molecule has 1 aromatic carbocycles. The van der Waals surface area contributed by atoms with Crippen LogP contribution >= 0.6 is 27.5 Å². The molecule has 2 rings (SSSR count). The van der Waals surface area contributed by atoms with Gasteiger partial charge < -0.3 is 9.88 Å². The van der Waals surface area contributed by atoms with Crippen LogP contribution in [-0.2, 0) is 13.6 Å². The monoisotopic (exact) mass is 331 g/mol. The van der Waals surface area contributed by atoms with E-state index in [2.05, 4.69) is 26.2 Å². The SMILES string of the molecule is CNCc1nc(-c2cc(Br)ccc2F)c(Cl)n1C. The normalized spacial score (nSPS) is 10.9. The number of aromatic nitrogens is 2. The standard InChI is InChI=1S/C12H12BrClFN3/c1-16-6-10-17-11(12(14)18(10)2)8-5-7(13)3-4-9(8)15/h3-5,16H,6H2,1-2H3. The summed E-state index contributed by atoms with van der Waals surface area (Å²) in [4.78, 5) is 4.38. The lowest BCUT2D eigenvalue weighted by atomic mass is 10.1. The molecule has 0 saturated carbocycles. The Labute approximate surface area is 118 Å². The Hall–Kier alpha value is -0.910. The van der Waals surface area contributed by atoms with E-state index in [1.54, 1.807) is 23.7 Å². The smallest absolute Gasteiger partial charge is 0.136 e. The number of benzene rings is 1. The lowest BCUT2D eigenvalue weighted by Crippen LogP contribution is -2.10. The molecule has 0 spiro atoms. The van der Waals surface area contributed by atoms with Crippen molar-refractivity contribution in [2.45, 2.75) is 6.54 Å². The van der Waals surface area contributed by atoms with Crippen molar-refractivity contribution in [3.8, 4) is 11.3 Å². The van der Waals surface area contributed by atoms with Crippen LogP contribution in [0.4, 0.5) is 4.39 Å². The second kappa shape index (κ2) is 5.38. The Morgan fingerprint density at radius 2 is 2.22 bits per heavy atom. The minimum absolute atomic E-state index is 0.339. The van der Waals surface area contributed by atoms with E-state index >= 15 is 0 Å². The van der Waals surface area contributed by atoms with Gasteiger partial charge in [-0.05, 0) is 25.2 Å². The highest BCUT2D eigenvalue weighted by atomic mass is 79.9. The molecule has 18 heavy (non-hydrogen) atoms. The van der Waals surface area contributed by atoms with Crippen molar-refractivity contribution in [2.24, 2.45) is 7.05 Å². The number of hydrogen-bond acceptors (Lipinski definition) is 2. The van der Waals surface area contributed by atoms with Gasteiger partial charge in [0, 0.05) is 17.1 Å². The molecular weight excluding hydrogens is 321 g/mol. The lowest BCUT2D eigenvalue weighted by molar-refractivity contribution is 0.630. The van der Waals surface area contributed by atoms with E-state index < -0.39 is 0 Å². The van der Waals surface area contributed by atoms with Crippen LogP contribution in [0.1, 0.15) is 5.82 Å². The Bertz CT molecular complexity index is 583. The van der Waals surface area contributed by atoms with Gasteiger partial charge in [0.05, 0.1) is 6.54 Å². The average molecular weight is 333 g/mol. The van der Waals surface area contributed by atoms with Crippen molar-refractivity contribution >= 4 is 27.5 Å². The summed E-state index contributed by atoms with van der Waals surface area (Å²) in [7, 11) is 3.63. The molecule has 0 unspecified atom stereocenters. The molecule has 0 radical (unpaired) electrons. The zero-order valence-corrected chi connectivity index (χ0v) is 12.3. The summed E-state index contributed by atoms with van der Waals surface area (Å²) in [6.45, 7) is 0.575. The second-order valence-electron chi connectivity index (χ2n) is 3.88. The highest BCUT2D eigenvalue weighted by Gasteiger charge is 2.17. The molecule has 1 heterocycles. The number of halogens is 3. The Balaban J connectivity index is 2.57. The second-order valence-corrected chi connectivity index (χ2v) is 5.15. The molecular formula is C12H12BrClFN3. The van der Waals surface area contributed by atoms with Crippen molar-refractivity contribution < 1.29 is 4.39 Å². The summed E-state index contributed by atoms with van der Waals surface area (Å²) in [6.07, 6.45) is 0. The van der Waals surface area contributed by atoms with Crippen LogP contribution in [0.2, 0.25) is 5.15 Å². The largest absolute Gasteiger partial charge is 0.321 e. The van der Waals surface area contributed by atoms with E-state index in [0.717, 1.165) is 10.3 Å². The minimum atomic E-state index is -0.339. The molecule has 2 aromatic rings. The summed E-state index contributed by atoms with van der Waals surface area (Å²) < 4.78 is 16.3. The number of imidazole rings is 1. The minimum Gasteiger partial charge on any atom is -0.321 e.